The van der Waals surface area contributed by atoms with Crippen molar-refractivity contribution in [3.05, 3.63) is 88.9 Å². The molecule has 2 aliphatic heterocycles. The van der Waals surface area contributed by atoms with Gasteiger partial charge in [0.2, 0.25) is 5.91 Å². The number of Topliss-reactive ketones (excluding diaryl/α,β-unsaturated/α-hetero) is 1. The Morgan fingerprint density at radius 3 is 2.40 bits per heavy atom. The van der Waals surface area contributed by atoms with E-state index in [2.05, 4.69) is 42.1 Å². The molecule has 0 spiro atoms. The van der Waals surface area contributed by atoms with E-state index in [1.165, 1.54) is 0 Å². The van der Waals surface area contributed by atoms with Crippen LogP contribution in [-0.2, 0) is 9.54 Å². The summed E-state index contributed by atoms with van der Waals surface area (Å²) in [6.07, 6.45) is 4.37. The first-order valence-corrected chi connectivity index (χ1v) is 16.4. The number of likely N-dealkylation sites (tertiary alicyclic amines) is 1. The quantitative estimate of drug-likeness (QED) is 0.161. The van der Waals surface area contributed by atoms with E-state index in [9.17, 15) is 9.59 Å². The Hall–Kier alpha value is -2.84. The first-order valence-electron chi connectivity index (χ1n) is 15.2. The van der Waals surface area contributed by atoms with Gasteiger partial charge in [0.25, 0.3) is 0 Å². The molecule has 3 aromatic carbocycles. The molecule has 0 aliphatic carbocycles. The number of thioether (sulfide) groups is 1. The molecule has 43 heavy (non-hydrogen) atoms. The number of benzene rings is 3. The van der Waals surface area contributed by atoms with E-state index in [0.717, 1.165) is 85.7 Å². The van der Waals surface area contributed by atoms with E-state index in [4.69, 9.17) is 16.3 Å². The number of carbonyl (C=O) groups is 2. The monoisotopic (exact) mass is 619 g/mol. The molecule has 1 atom stereocenters. The highest BCUT2D eigenvalue weighted by molar-refractivity contribution is 8.01. The molecule has 8 heteroatoms. The second kappa shape index (κ2) is 14.3. The summed E-state index contributed by atoms with van der Waals surface area (Å²) in [6.45, 7) is 4.36. The number of anilines is 1. The van der Waals surface area contributed by atoms with Gasteiger partial charge in [-0.1, -0.05) is 35.9 Å². The molecular weight excluding hydrogens is 578 g/mol. The van der Waals surface area contributed by atoms with E-state index < -0.39 is 4.75 Å². The van der Waals surface area contributed by atoms with Gasteiger partial charge in [-0.3, -0.25) is 9.59 Å². The summed E-state index contributed by atoms with van der Waals surface area (Å²) in [7, 11) is 6.03. The van der Waals surface area contributed by atoms with Crippen LogP contribution >= 0.6 is 23.4 Å². The second-order valence-corrected chi connectivity index (χ2v) is 13.7. The summed E-state index contributed by atoms with van der Waals surface area (Å²) in [6, 6.07) is 23.5. The van der Waals surface area contributed by atoms with E-state index in [0.29, 0.717) is 11.6 Å². The van der Waals surface area contributed by atoms with Crippen LogP contribution in [0.3, 0.4) is 0 Å². The zero-order chi connectivity index (χ0) is 30.4. The lowest BCUT2D eigenvalue weighted by molar-refractivity contribution is -0.121. The number of hydrogen-bond donors (Lipinski definition) is 0. The zero-order valence-corrected chi connectivity index (χ0v) is 27.0. The van der Waals surface area contributed by atoms with E-state index in [1.807, 2.05) is 54.4 Å². The van der Waals surface area contributed by atoms with E-state index in [1.54, 1.807) is 23.9 Å². The normalized spacial score (nSPS) is 19.5. The molecule has 0 saturated carbocycles. The summed E-state index contributed by atoms with van der Waals surface area (Å²) in [4.78, 5) is 34.3. The van der Waals surface area contributed by atoms with Gasteiger partial charge >= 0.3 is 0 Å². The van der Waals surface area contributed by atoms with Gasteiger partial charge in [-0.25, -0.2) is 0 Å². The van der Waals surface area contributed by atoms with Crippen LogP contribution < -0.4 is 9.64 Å². The highest BCUT2D eigenvalue weighted by Crippen LogP contribution is 2.53. The molecule has 1 fully saturated rings. The van der Waals surface area contributed by atoms with Gasteiger partial charge in [-0.05, 0) is 120 Å². The van der Waals surface area contributed by atoms with Crippen molar-refractivity contribution in [2.45, 2.75) is 41.7 Å². The van der Waals surface area contributed by atoms with Crippen LogP contribution in [0.4, 0.5) is 5.69 Å². The van der Waals surface area contributed by atoms with Crippen molar-refractivity contribution < 1.29 is 14.3 Å². The number of ketones is 1. The Balaban J connectivity index is 1.14. The molecular formula is C35H42ClN3O3S. The third-order valence-electron chi connectivity index (χ3n) is 8.59. The minimum Gasteiger partial charge on any atom is -0.494 e. The standard InChI is InChI=1S/C35H42ClN3O3S/c1-37(2)21-6-20-35(34(41)38(3)31-8-4-5-9-32(31)43-35)28-12-16-30(17-13-28)42-25-7-22-39-23-18-27(19-24-39)33(40)26-10-14-29(36)15-11-26/h4-5,8-17,27H,6-7,18-25H2,1-3H3. The predicted octanol–water partition coefficient (Wildman–Crippen LogP) is 7.01. The minimum absolute atomic E-state index is 0.0841. The van der Waals surface area contributed by atoms with Crippen molar-refractivity contribution in [2.24, 2.45) is 5.92 Å². The average molecular weight is 620 g/mol. The molecule has 1 amide bonds. The SMILES string of the molecule is CN(C)CCCC1(c2ccc(OCCCN3CCC(C(=O)c4ccc(Cl)cc4)CC3)cc2)Sc2ccccc2N(C)C1=O. The van der Waals surface area contributed by atoms with Crippen molar-refractivity contribution in [3.8, 4) is 5.75 Å². The van der Waals surface area contributed by atoms with Crippen LogP contribution in [0.25, 0.3) is 0 Å². The molecule has 0 N–H and O–H groups in total. The lowest BCUT2D eigenvalue weighted by Gasteiger charge is -2.41. The number of hydrogen-bond acceptors (Lipinski definition) is 6. The van der Waals surface area contributed by atoms with Gasteiger partial charge < -0.3 is 19.4 Å². The molecule has 5 rings (SSSR count). The molecule has 0 bridgehead atoms. The van der Waals surface area contributed by atoms with Crippen molar-refractivity contribution in [3.63, 3.8) is 0 Å². The van der Waals surface area contributed by atoms with Crippen molar-refractivity contribution in [1.82, 2.24) is 9.80 Å². The number of para-hydroxylation sites is 1. The lowest BCUT2D eigenvalue weighted by Crippen LogP contribution is -2.46. The number of carbonyl (C=O) groups excluding carboxylic acids is 2. The number of halogens is 1. The molecule has 2 aliphatic rings. The molecule has 2 heterocycles. The fraction of sp³-hybridized carbons (Fsp3) is 0.429. The Bertz CT molecular complexity index is 1390. The van der Waals surface area contributed by atoms with Crippen LogP contribution in [0, 0.1) is 5.92 Å². The molecule has 0 aromatic heterocycles. The smallest absolute Gasteiger partial charge is 0.247 e. The molecule has 0 radical (unpaired) electrons. The Labute approximate surface area is 265 Å². The second-order valence-electron chi connectivity index (χ2n) is 11.9. The maximum atomic E-state index is 13.9. The average Bonchev–Trinajstić information content (AvgIpc) is 3.02. The molecule has 228 valence electrons. The van der Waals surface area contributed by atoms with Gasteiger partial charge in [0.05, 0.1) is 12.3 Å². The maximum Gasteiger partial charge on any atom is 0.247 e. The summed E-state index contributed by atoms with van der Waals surface area (Å²) in [5.74, 6) is 1.26. The van der Waals surface area contributed by atoms with Crippen LogP contribution in [0.15, 0.2) is 77.7 Å². The van der Waals surface area contributed by atoms with Gasteiger partial charge in [-0.15, -0.1) is 11.8 Å². The molecule has 1 saturated heterocycles. The third kappa shape index (κ3) is 7.46. The van der Waals surface area contributed by atoms with Crippen LogP contribution in [-0.4, -0.2) is 75.4 Å². The topological polar surface area (TPSA) is 53.1 Å². The zero-order valence-electron chi connectivity index (χ0n) is 25.4. The number of rotatable bonds is 12. The number of amides is 1. The largest absolute Gasteiger partial charge is 0.494 e. The number of likely N-dealkylation sites (N-methyl/N-ethyl adjacent to an activating group) is 1. The summed E-state index contributed by atoms with van der Waals surface area (Å²) in [5.41, 5.74) is 2.74. The Kier molecular flexibility index (Phi) is 10.5. The number of piperidine rings is 1. The summed E-state index contributed by atoms with van der Waals surface area (Å²) >= 11 is 7.65. The van der Waals surface area contributed by atoms with E-state index in [-0.39, 0.29) is 17.6 Å². The first kappa shape index (κ1) is 31.6. The van der Waals surface area contributed by atoms with Crippen LogP contribution in [0.5, 0.6) is 5.75 Å². The third-order valence-corrected chi connectivity index (χ3v) is 10.4. The lowest BCUT2D eigenvalue weighted by atomic mass is 9.89. The van der Waals surface area contributed by atoms with Gasteiger partial charge in [-0.2, -0.15) is 0 Å². The number of fused-ring (bicyclic) bond motifs is 1. The first-order chi connectivity index (χ1) is 20.8. The summed E-state index contributed by atoms with van der Waals surface area (Å²) in [5, 5.41) is 0.654. The van der Waals surface area contributed by atoms with Gasteiger partial charge in [0.1, 0.15) is 10.5 Å². The van der Waals surface area contributed by atoms with E-state index >= 15 is 0 Å². The Morgan fingerprint density at radius 1 is 1.00 bits per heavy atom. The number of ether oxygens (including phenoxy) is 1. The summed E-state index contributed by atoms with van der Waals surface area (Å²) < 4.78 is 5.45. The highest BCUT2D eigenvalue weighted by Gasteiger charge is 2.47. The molecule has 1 unspecified atom stereocenters. The van der Waals surface area contributed by atoms with Crippen LogP contribution in [0.2, 0.25) is 5.02 Å². The van der Waals surface area contributed by atoms with Crippen LogP contribution in [0.1, 0.15) is 48.0 Å². The highest BCUT2D eigenvalue weighted by atomic mass is 35.5. The molecule has 3 aromatic rings. The van der Waals surface area contributed by atoms with Crippen molar-refractivity contribution >= 4 is 40.7 Å². The molecule has 6 nitrogen and oxygen atoms in total. The van der Waals surface area contributed by atoms with Gasteiger partial charge in [0, 0.05) is 35.0 Å². The van der Waals surface area contributed by atoms with Crippen molar-refractivity contribution in [1.29, 1.82) is 0 Å². The fourth-order valence-corrected chi connectivity index (χ4v) is 7.81. The number of nitrogens with zero attached hydrogens (tertiary/aromatic N) is 3. The van der Waals surface area contributed by atoms with Gasteiger partial charge in [0.15, 0.2) is 5.78 Å². The maximum absolute atomic E-state index is 13.9. The minimum atomic E-state index is -0.668. The predicted molar refractivity (Wildman–Crippen MR) is 177 cm³/mol. The fourth-order valence-electron chi connectivity index (χ4n) is 6.13. The Morgan fingerprint density at radius 2 is 1.70 bits per heavy atom. The van der Waals surface area contributed by atoms with Crippen molar-refractivity contribution in [2.75, 3.05) is 58.8 Å².